The number of hydrogen-bond acceptors (Lipinski definition) is 4. The number of anilines is 1. The third-order valence-corrected chi connectivity index (χ3v) is 8.49. The van der Waals surface area contributed by atoms with Crippen molar-refractivity contribution in [1.82, 2.24) is 9.62 Å². The van der Waals surface area contributed by atoms with Crippen molar-refractivity contribution in [2.24, 2.45) is 11.8 Å². The summed E-state index contributed by atoms with van der Waals surface area (Å²) in [5, 5.41) is 2.93. The normalized spacial score (nSPS) is 20.2. The van der Waals surface area contributed by atoms with Crippen LogP contribution in [0.4, 0.5) is 5.69 Å². The van der Waals surface area contributed by atoms with Crippen molar-refractivity contribution in [3.63, 3.8) is 0 Å². The summed E-state index contributed by atoms with van der Waals surface area (Å²) in [6.07, 6.45) is 2.63. The van der Waals surface area contributed by atoms with Crippen LogP contribution in [0.25, 0.3) is 0 Å². The highest BCUT2D eigenvalue weighted by molar-refractivity contribution is 7.89. The van der Waals surface area contributed by atoms with E-state index in [0.717, 1.165) is 24.8 Å². The van der Waals surface area contributed by atoms with Crippen LogP contribution in [0.2, 0.25) is 0 Å². The minimum atomic E-state index is -3.53. The van der Waals surface area contributed by atoms with Crippen molar-refractivity contribution < 1.29 is 18.0 Å². The minimum absolute atomic E-state index is 0.125. The molecule has 4 rings (SSSR count). The van der Waals surface area contributed by atoms with Gasteiger partial charge in [-0.15, -0.1) is 0 Å². The second-order valence-corrected chi connectivity index (χ2v) is 11.0. The summed E-state index contributed by atoms with van der Waals surface area (Å²) in [7, 11) is -3.53. The Morgan fingerprint density at radius 1 is 1.03 bits per heavy atom. The monoisotopic (exact) mass is 469 g/mol. The van der Waals surface area contributed by atoms with Gasteiger partial charge in [-0.1, -0.05) is 37.3 Å². The van der Waals surface area contributed by atoms with Gasteiger partial charge in [0.05, 0.1) is 10.8 Å². The van der Waals surface area contributed by atoms with Crippen LogP contribution in [0.1, 0.15) is 31.7 Å². The van der Waals surface area contributed by atoms with Gasteiger partial charge >= 0.3 is 0 Å². The molecule has 0 aromatic heterocycles. The molecule has 0 spiro atoms. The minimum Gasteiger partial charge on any atom is -0.355 e. The number of carbonyl (C=O) groups excluding carboxylic acids is 2. The van der Waals surface area contributed by atoms with Crippen molar-refractivity contribution in [2.45, 2.75) is 37.5 Å². The molecule has 8 heteroatoms. The number of hydrogen-bond donors (Lipinski definition) is 1. The lowest BCUT2D eigenvalue weighted by Crippen LogP contribution is -2.37. The van der Waals surface area contributed by atoms with E-state index >= 15 is 0 Å². The molecule has 33 heavy (non-hydrogen) atoms. The topological polar surface area (TPSA) is 86.8 Å². The molecule has 2 aromatic rings. The molecular weight excluding hydrogens is 438 g/mol. The largest absolute Gasteiger partial charge is 0.355 e. The molecular formula is C25H31N3O4S. The summed E-state index contributed by atoms with van der Waals surface area (Å²) >= 11 is 0. The van der Waals surface area contributed by atoms with E-state index in [9.17, 15) is 18.0 Å². The molecule has 0 saturated carbocycles. The number of nitrogens with one attached hydrogen (secondary N) is 1. The number of sulfonamides is 1. The average Bonchev–Trinajstić information content (AvgIpc) is 3.22. The fraction of sp³-hybridized carbons (Fsp3) is 0.440. The predicted molar refractivity (Wildman–Crippen MR) is 127 cm³/mol. The van der Waals surface area contributed by atoms with E-state index in [1.807, 2.05) is 30.3 Å². The number of benzene rings is 2. The van der Waals surface area contributed by atoms with E-state index in [1.165, 1.54) is 0 Å². The van der Waals surface area contributed by atoms with Crippen LogP contribution in [0.5, 0.6) is 0 Å². The Morgan fingerprint density at radius 3 is 2.36 bits per heavy atom. The maximum atomic E-state index is 12.9. The molecule has 0 aliphatic carbocycles. The van der Waals surface area contributed by atoms with Gasteiger partial charge < -0.3 is 10.2 Å². The Balaban J connectivity index is 1.34. The number of carbonyl (C=O) groups is 2. The van der Waals surface area contributed by atoms with Gasteiger partial charge in [-0.2, -0.15) is 4.31 Å². The Hall–Kier alpha value is -2.71. The highest BCUT2D eigenvalue weighted by atomic mass is 32.2. The molecule has 2 fully saturated rings. The molecule has 2 saturated heterocycles. The van der Waals surface area contributed by atoms with Crippen LogP contribution in [0.3, 0.4) is 0 Å². The van der Waals surface area contributed by atoms with Crippen LogP contribution in [-0.2, 0) is 26.0 Å². The zero-order valence-electron chi connectivity index (χ0n) is 18.9. The maximum absolute atomic E-state index is 12.9. The highest BCUT2D eigenvalue weighted by Crippen LogP contribution is 2.28. The Bertz CT molecular complexity index is 1080. The summed E-state index contributed by atoms with van der Waals surface area (Å²) in [5.41, 5.74) is 1.77. The van der Waals surface area contributed by atoms with Crippen molar-refractivity contribution in [3.05, 3.63) is 60.2 Å². The molecule has 2 aromatic carbocycles. The molecule has 2 amide bonds. The van der Waals surface area contributed by atoms with Crippen LogP contribution < -0.4 is 10.2 Å². The van der Waals surface area contributed by atoms with E-state index in [2.05, 4.69) is 12.2 Å². The van der Waals surface area contributed by atoms with Gasteiger partial charge in [0.1, 0.15) is 0 Å². The summed E-state index contributed by atoms with van der Waals surface area (Å²) < 4.78 is 27.4. The van der Waals surface area contributed by atoms with Gasteiger partial charge in [0.25, 0.3) is 0 Å². The van der Waals surface area contributed by atoms with E-state index in [0.29, 0.717) is 37.8 Å². The fourth-order valence-corrected chi connectivity index (χ4v) is 5.89. The second kappa shape index (κ2) is 10.1. The maximum Gasteiger partial charge on any atom is 0.243 e. The lowest BCUT2D eigenvalue weighted by molar-refractivity contribution is -0.126. The Morgan fingerprint density at radius 2 is 1.70 bits per heavy atom. The zero-order valence-corrected chi connectivity index (χ0v) is 19.8. The number of rotatable bonds is 7. The fourth-order valence-electron chi connectivity index (χ4n) is 4.42. The van der Waals surface area contributed by atoms with Crippen molar-refractivity contribution >= 4 is 27.5 Å². The smallest absolute Gasteiger partial charge is 0.243 e. The molecule has 0 unspecified atom stereocenters. The van der Waals surface area contributed by atoms with Crippen LogP contribution >= 0.6 is 0 Å². The molecule has 2 aliphatic heterocycles. The van der Waals surface area contributed by atoms with Crippen molar-refractivity contribution in [2.75, 3.05) is 31.1 Å². The summed E-state index contributed by atoms with van der Waals surface area (Å²) in [4.78, 5) is 26.9. The van der Waals surface area contributed by atoms with E-state index in [4.69, 9.17) is 0 Å². The van der Waals surface area contributed by atoms with Gasteiger partial charge in [-0.05, 0) is 55.0 Å². The molecule has 2 aliphatic rings. The predicted octanol–water partition coefficient (Wildman–Crippen LogP) is 2.82. The van der Waals surface area contributed by atoms with Gasteiger partial charge in [0.15, 0.2) is 0 Å². The summed E-state index contributed by atoms with van der Waals surface area (Å²) in [5.74, 6) is -0.116. The van der Waals surface area contributed by atoms with Gasteiger partial charge in [0, 0.05) is 38.3 Å². The molecule has 176 valence electrons. The van der Waals surface area contributed by atoms with E-state index in [-0.39, 0.29) is 23.1 Å². The molecule has 1 N–H and O–H groups in total. The first kappa shape index (κ1) is 23.4. The second-order valence-electron chi connectivity index (χ2n) is 9.01. The lowest BCUT2D eigenvalue weighted by atomic mass is 10.0. The molecule has 0 bridgehead atoms. The third kappa shape index (κ3) is 5.45. The Kier molecular flexibility index (Phi) is 7.14. The highest BCUT2D eigenvalue weighted by Gasteiger charge is 2.35. The SMILES string of the molecule is CC1CCN(S(=O)(=O)c2ccc(N3C[C@@H](C(=O)NCCc4ccccc4)CC3=O)cc2)CC1. The molecule has 7 nitrogen and oxygen atoms in total. The third-order valence-electron chi connectivity index (χ3n) is 6.58. The molecule has 2 heterocycles. The molecule has 0 radical (unpaired) electrons. The van der Waals surface area contributed by atoms with Crippen molar-refractivity contribution in [1.29, 1.82) is 0 Å². The van der Waals surface area contributed by atoms with Gasteiger partial charge in [-0.25, -0.2) is 8.42 Å². The first-order chi connectivity index (χ1) is 15.8. The first-order valence-electron chi connectivity index (χ1n) is 11.6. The van der Waals surface area contributed by atoms with Gasteiger partial charge in [0.2, 0.25) is 21.8 Å². The van der Waals surface area contributed by atoms with E-state index in [1.54, 1.807) is 33.5 Å². The van der Waals surface area contributed by atoms with Crippen LogP contribution in [0, 0.1) is 11.8 Å². The average molecular weight is 470 g/mol. The van der Waals surface area contributed by atoms with Crippen LogP contribution in [0.15, 0.2) is 59.5 Å². The lowest BCUT2D eigenvalue weighted by Gasteiger charge is -2.29. The Labute approximate surface area is 195 Å². The van der Waals surface area contributed by atoms with Crippen LogP contribution in [-0.4, -0.2) is 50.7 Å². The standard InChI is InChI=1S/C25H31N3O4S/c1-19-12-15-27(16-13-19)33(31,32)23-9-7-22(8-10-23)28-18-21(17-24(28)29)25(30)26-14-11-20-5-3-2-4-6-20/h2-10,19,21H,11-18H2,1H3,(H,26,30)/t21-/m0/s1. The number of amides is 2. The molecule has 1 atom stereocenters. The number of piperidine rings is 1. The van der Waals surface area contributed by atoms with Crippen molar-refractivity contribution in [3.8, 4) is 0 Å². The number of nitrogens with zero attached hydrogens (tertiary/aromatic N) is 2. The summed E-state index contributed by atoms with van der Waals surface area (Å²) in [6, 6.07) is 16.4. The quantitative estimate of drug-likeness (QED) is 0.676. The summed E-state index contributed by atoms with van der Waals surface area (Å²) in [6.45, 7) is 4.04. The van der Waals surface area contributed by atoms with E-state index < -0.39 is 15.9 Å². The zero-order chi connectivity index (χ0) is 23.4. The van der Waals surface area contributed by atoms with Gasteiger partial charge in [-0.3, -0.25) is 9.59 Å². The first-order valence-corrected chi connectivity index (χ1v) is 13.0.